The van der Waals surface area contributed by atoms with Crippen molar-refractivity contribution in [1.29, 1.82) is 0 Å². The first-order valence-electron chi connectivity index (χ1n) is 10.0. The molecule has 0 unspecified atom stereocenters. The zero-order valence-electron chi connectivity index (χ0n) is 17.7. The molecule has 0 bridgehead atoms. The zero-order chi connectivity index (χ0) is 22.1. The van der Waals surface area contributed by atoms with E-state index in [1.54, 1.807) is 23.7 Å². The number of halogens is 1. The predicted octanol–water partition coefficient (Wildman–Crippen LogP) is 3.52. The predicted molar refractivity (Wildman–Crippen MR) is 122 cm³/mol. The Morgan fingerprint density at radius 1 is 1.30 bits per heavy atom. The van der Waals surface area contributed by atoms with Crippen molar-refractivity contribution in [2.45, 2.75) is 38.4 Å². The monoisotopic (exact) mass is 452 g/mol. The highest BCUT2D eigenvalue weighted by atomic mass is 35.5. The van der Waals surface area contributed by atoms with Crippen molar-refractivity contribution in [2.24, 2.45) is 0 Å². The van der Waals surface area contributed by atoms with Crippen molar-refractivity contribution in [3.05, 3.63) is 40.5 Å². The Hall–Kier alpha value is -2.03. The summed E-state index contributed by atoms with van der Waals surface area (Å²) in [5.41, 5.74) is 1.35. The number of carbonyl (C=O) groups is 2. The molecule has 9 heteroatoms. The van der Waals surface area contributed by atoms with Gasteiger partial charge in [0.05, 0.1) is 6.54 Å². The van der Waals surface area contributed by atoms with Crippen LogP contribution in [0.2, 0.25) is 5.02 Å². The van der Waals surface area contributed by atoms with Gasteiger partial charge in [0.25, 0.3) is 5.91 Å². The summed E-state index contributed by atoms with van der Waals surface area (Å²) in [5.74, 6) is 0.975. The van der Waals surface area contributed by atoms with E-state index in [-0.39, 0.29) is 12.5 Å². The molecule has 0 aliphatic carbocycles. The van der Waals surface area contributed by atoms with Crippen molar-refractivity contribution < 1.29 is 14.7 Å². The number of nitrogens with zero attached hydrogens (tertiary/aromatic N) is 4. The fourth-order valence-electron chi connectivity index (χ4n) is 2.92. The number of rotatable bonds is 12. The minimum Gasteiger partial charge on any atom is -0.396 e. The first kappa shape index (κ1) is 24.2. The molecule has 0 atom stereocenters. The molecular weight excluding hydrogens is 424 g/mol. The van der Waals surface area contributed by atoms with Gasteiger partial charge in [0.2, 0.25) is 6.41 Å². The Labute approximate surface area is 187 Å². The van der Waals surface area contributed by atoms with E-state index in [2.05, 4.69) is 11.9 Å². The standard InChI is InChI=1S/C21H29ClN4O3S/c1-4-13-30-21-23-19(25(5-2)15-28)18(20(29)24(3)11-6-12-27)26(21)14-16-7-9-17(22)10-8-16/h7-10,15,27H,4-6,11-14H2,1-3H3. The fraction of sp³-hybridized carbons (Fsp3) is 0.476. The third-order valence-corrected chi connectivity index (χ3v) is 5.98. The molecule has 1 N–H and O–H groups in total. The normalized spacial score (nSPS) is 10.8. The van der Waals surface area contributed by atoms with Crippen LogP contribution in [0.25, 0.3) is 0 Å². The number of thioether (sulfide) groups is 1. The Kier molecular flexibility index (Phi) is 9.68. The average molecular weight is 453 g/mol. The van der Waals surface area contributed by atoms with Crippen LogP contribution >= 0.6 is 23.4 Å². The molecule has 7 nitrogen and oxygen atoms in total. The fourth-order valence-corrected chi connectivity index (χ4v) is 3.89. The van der Waals surface area contributed by atoms with Gasteiger partial charge in [0.1, 0.15) is 0 Å². The summed E-state index contributed by atoms with van der Waals surface area (Å²) in [5, 5.41) is 10.5. The van der Waals surface area contributed by atoms with E-state index in [1.165, 1.54) is 4.90 Å². The highest BCUT2D eigenvalue weighted by molar-refractivity contribution is 7.99. The molecule has 1 heterocycles. The number of carbonyl (C=O) groups excluding carboxylic acids is 2. The second-order valence-corrected chi connectivity index (χ2v) is 8.32. The van der Waals surface area contributed by atoms with E-state index in [1.807, 2.05) is 35.8 Å². The first-order valence-corrected chi connectivity index (χ1v) is 11.4. The lowest BCUT2D eigenvalue weighted by Crippen LogP contribution is -2.32. The lowest BCUT2D eigenvalue weighted by Gasteiger charge is -2.21. The largest absolute Gasteiger partial charge is 0.396 e. The minimum absolute atomic E-state index is 0.00153. The van der Waals surface area contributed by atoms with Gasteiger partial charge in [0, 0.05) is 37.5 Å². The number of aromatic nitrogens is 2. The van der Waals surface area contributed by atoms with Crippen LogP contribution in [-0.2, 0) is 11.3 Å². The van der Waals surface area contributed by atoms with Crippen LogP contribution in [0.1, 0.15) is 42.7 Å². The summed E-state index contributed by atoms with van der Waals surface area (Å²) in [7, 11) is 1.69. The maximum Gasteiger partial charge on any atom is 0.274 e. The summed E-state index contributed by atoms with van der Waals surface area (Å²) in [6, 6.07) is 7.45. The Morgan fingerprint density at radius 3 is 2.57 bits per heavy atom. The number of imidazole rings is 1. The smallest absolute Gasteiger partial charge is 0.274 e. The first-order chi connectivity index (χ1) is 14.5. The maximum absolute atomic E-state index is 13.4. The van der Waals surface area contributed by atoms with Crippen molar-refractivity contribution in [2.75, 3.05) is 37.4 Å². The number of aliphatic hydroxyl groups excluding tert-OH is 1. The zero-order valence-corrected chi connectivity index (χ0v) is 19.2. The third kappa shape index (κ3) is 6.00. The molecule has 0 saturated carbocycles. The Morgan fingerprint density at radius 2 is 2.00 bits per heavy atom. The molecule has 0 saturated heterocycles. The Bertz CT molecular complexity index is 842. The van der Waals surface area contributed by atoms with Gasteiger partial charge in [-0.15, -0.1) is 0 Å². The van der Waals surface area contributed by atoms with Crippen LogP contribution in [0.15, 0.2) is 29.4 Å². The molecule has 164 valence electrons. The minimum atomic E-state index is -0.233. The molecule has 0 radical (unpaired) electrons. The second kappa shape index (κ2) is 12.0. The highest BCUT2D eigenvalue weighted by Gasteiger charge is 2.28. The Balaban J connectivity index is 2.58. The number of hydrogen-bond acceptors (Lipinski definition) is 5. The maximum atomic E-state index is 13.4. The van der Waals surface area contributed by atoms with Gasteiger partial charge < -0.3 is 14.6 Å². The van der Waals surface area contributed by atoms with E-state index in [4.69, 9.17) is 16.7 Å². The van der Waals surface area contributed by atoms with Crippen LogP contribution in [0, 0.1) is 0 Å². The van der Waals surface area contributed by atoms with Gasteiger partial charge in [0.15, 0.2) is 16.7 Å². The van der Waals surface area contributed by atoms with Crippen LogP contribution in [0.4, 0.5) is 5.82 Å². The molecule has 0 spiro atoms. The molecule has 2 amide bonds. The van der Waals surface area contributed by atoms with Crippen molar-refractivity contribution in [1.82, 2.24) is 14.5 Å². The number of amides is 2. The second-order valence-electron chi connectivity index (χ2n) is 6.82. The molecule has 0 fully saturated rings. The highest BCUT2D eigenvalue weighted by Crippen LogP contribution is 2.30. The van der Waals surface area contributed by atoms with E-state index in [9.17, 15) is 9.59 Å². The SMILES string of the molecule is CCCSc1nc(N(C=O)CC)c(C(=O)N(C)CCCO)n1Cc1ccc(Cl)cc1. The number of anilines is 1. The number of hydrogen-bond donors (Lipinski definition) is 1. The topological polar surface area (TPSA) is 78.7 Å². The molecule has 0 aliphatic heterocycles. The van der Waals surface area contributed by atoms with E-state index in [0.29, 0.717) is 54.2 Å². The lowest BCUT2D eigenvalue weighted by atomic mass is 10.2. The third-order valence-electron chi connectivity index (χ3n) is 4.54. The summed E-state index contributed by atoms with van der Waals surface area (Å²) < 4.78 is 1.88. The van der Waals surface area contributed by atoms with Crippen molar-refractivity contribution >= 4 is 41.5 Å². The van der Waals surface area contributed by atoms with Crippen LogP contribution < -0.4 is 4.90 Å². The van der Waals surface area contributed by atoms with Gasteiger partial charge in [-0.05, 0) is 37.5 Å². The molecular formula is C21H29ClN4O3S. The van der Waals surface area contributed by atoms with Gasteiger partial charge in [-0.25, -0.2) is 4.98 Å². The van der Waals surface area contributed by atoms with Gasteiger partial charge >= 0.3 is 0 Å². The van der Waals surface area contributed by atoms with E-state index in [0.717, 1.165) is 17.7 Å². The molecule has 2 rings (SSSR count). The van der Waals surface area contributed by atoms with E-state index < -0.39 is 0 Å². The molecule has 2 aromatic rings. The number of benzene rings is 1. The summed E-state index contributed by atoms with van der Waals surface area (Å²) in [6.07, 6.45) is 2.14. The average Bonchev–Trinajstić information content (AvgIpc) is 3.10. The number of aliphatic hydroxyl groups is 1. The van der Waals surface area contributed by atoms with Gasteiger partial charge in [-0.1, -0.05) is 42.4 Å². The molecule has 1 aromatic carbocycles. The van der Waals surface area contributed by atoms with Crippen LogP contribution in [0.5, 0.6) is 0 Å². The summed E-state index contributed by atoms with van der Waals surface area (Å²) in [4.78, 5) is 32.7. The quantitative estimate of drug-likeness (QED) is 0.393. The summed E-state index contributed by atoms with van der Waals surface area (Å²) >= 11 is 7.58. The van der Waals surface area contributed by atoms with Gasteiger partial charge in [-0.3, -0.25) is 14.5 Å². The van der Waals surface area contributed by atoms with Crippen molar-refractivity contribution in [3.8, 4) is 0 Å². The van der Waals surface area contributed by atoms with Crippen LogP contribution in [0.3, 0.4) is 0 Å². The lowest BCUT2D eigenvalue weighted by molar-refractivity contribution is -0.107. The molecule has 30 heavy (non-hydrogen) atoms. The molecule has 0 aliphatic rings. The molecule has 1 aromatic heterocycles. The van der Waals surface area contributed by atoms with Crippen LogP contribution in [-0.4, -0.2) is 64.4 Å². The van der Waals surface area contributed by atoms with Crippen molar-refractivity contribution in [3.63, 3.8) is 0 Å². The van der Waals surface area contributed by atoms with Gasteiger partial charge in [-0.2, -0.15) is 0 Å². The summed E-state index contributed by atoms with van der Waals surface area (Å²) in [6.45, 7) is 5.17. The van der Waals surface area contributed by atoms with E-state index >= 15 is 0 Å².